The minimum atomic E-state index is -0.802. The van der Waals surface area contributed by atoms with Crippen LogP contribution in [0, 0.1) is 5.92 Å². The van der Waals surface area contributed by atoms with Gasteiger partial charge in [0.2, 0.25) is 0 Å². The molecule has 2 fully saturated rings. The molecule has 2 aliphatic rings. The van der Waals surface area contributed by atoms with E-state index in [4.69, 9.17) is 5.11 Å². The average Bonchev–Trinajstić information content (AvgIpc) is 2.29. The Balaban J connectivity index is 1.88. The molecule has 2 saturated heterocycles. The Morgan fingerprint density at radius 3 is 2.44 bits per heavy atom. The number of carbonyl (C=O) groups is 2. The van der Waals surface area contributed by atoms with Crippen molar-refractivity contribution in [3.63, 3.8) is 0 Å². The molecule has 0 saturated carbocycles. The number of carboxylic acids is 1. The van der Waals surface area contributed by atoms with E-state index in [0.29, 0.717) is 25.7 Å². The Labute approximate surface area is 107 Å². The SMILES string of the molecule is CCN(C(=O)N1CC(C(=O)O)C1)C1CCNCC1. The molecular formula is C12H21N3O3. The topological polar surface area (TPSA) is 72.9 Å². The van der Waals surface area contributed by atoms with Crippen LogP contribution < -0.4 is 5.32 Å². The minimum Gasteiger partial charge on any atom is -0.481 e. The number of nitrogens with zero attached hydrogens (tertiary/aromatic N) is 2. The maximum Gasteiger partial charge on any atom is 0.320 e. The number of carboxylic acid groups (broad SMARTS) is 1. The van der Waals surface area contributed by atoms with Gasteiger partial charge in [0.1, 0.15) is 0 Å². The van der Waals surface area contributed by atoms with Gasteiger partial charge in [-0.05, 0) is 32.9 Å². The fourth-order valence-electron chi connectivity index (χ4n) is 2.64. The minimum absolute atomic E-state index is 0.00176. The number of amides is 2. The van der Waals surface area contributed by atoms with Crippen LogP contribution in [0.1, 0.15) is 19.8 Å². The molecule has 102 valence electrons. The van der Waals surface area contributed by atoms with E-state index in [0.717, 1.165) is 25.9 Å². The summed E-state index contributed by atoms with van der Waals surface area (Å²) in [4.78, 5) is 26.5. The van der Waals surface area contributed by atoms with Crippen molar-refractivity contribution in [1.82, 2.24) is 15.1 Å². The molecule has 6 heteroatoms. The van der Waals surface area contributed by atoms with Gasteiger partial charge in [-0.15, -0.1) is 0 Å². The van der Waals surface area contributed by atoms with E-state index in [9.17, 15) is 9.59 Å². The highest BCUT2D eigenvalue weighted by Gasteiger charge is 2.38. The largest absolute Gasteiger partial charge is 0.481 e. The second-order valence-corrected chi connectivity index (χ2v) is 4.99. The van der Waals surface area contributed by atoms with Gasteiger partial charge >= 0.3 is 12.0 Å². The van der Waals surface area contributed by atoms with E-state index in [2.05, 4.69) is 5.32 Å². The maximum atomic E-state index is 12.3. The first kappa shape index (κ1) is 13.1. The first-order valence-corrected chi connectivity index (χ1v) is 6.62. The Morgan fingerprint density at radius 1 is 1.33 bits per heavy atom. The van der Waals surface area contributed by atoms with Gasteiger partial charge < -0.3 is 20.2 Å². The van der Waals surface area contributed by atoms with Crippen LogP contribution in [-0.2, 0) is 4.79 Å². The van der Waals surface area contributed by atoms with Crippen LogP contribution >= 0.6 is 0 Å². The summed E-state index contributed by atoms with van der Waals surface area (Å²) in [7, 11) is 0. The molecular weight excluding hydrogens is 234 g/mol. The number of carbonyl (C=O) groups excluding carboxylic acids is 1. The Bertz CT molecular complexity index is 323. The van der Waals surface area contributed by atoms with Crippen LogP contribution in [0.25, 0.3) is 0 Å². The lowest BCUT2D eigenvalue weighted by atomic mass is 10.0. The highest BCUT2D eigenvalue weighted by Crippen LogP contribution is 2.21. The lowest BCUT2D eigenvalue weighted by molar-refractivity contribution is -0.146. The quantitative estimate of drug-likeness (QED) is 0.755. The fraction of sp³-hybridized carbons (Fsp3) is 0.833. The molecule has 2 amide bonds. The normalized spacial score (nSPS) is 21.5. The third kappa shape index (κ3) is 2.58. The summed E-state index contributed by atoms with van der Waals surface area (Å²) in [5, 5.41) is 12.1. The number of hydrogen-bond acceptors (Lipinski definition) is 3. The summed E-state index contributed by atoms with van der Waals surface area (Å²) < 4.78 is 0. The maximum absolute atomic E-state index is 12.3. The van der Waals surface area contributed by atoms with Crippen LogP contribution in [0.4, 0.5) is 4.79 Å². The third-order valence-electron chi connectivity index (χ3n) is 3.84. The highest BCUT2D eigenvalue weighted by molar-refractivity contribution is 5.80. The van der Waals surface area contributed by atoms with Crippen LogP contribution in [0.5, 0.6) is 0 Å². The molecule has 0 spiro atoms. The van der Waals surface area contributed by atoms with E-state index >= 15 is 0 Å². The molecule has 0 aromatic rings. The number of rotatable bonds is 3. The molecule has 0 unspecified atom stereocenters. The first-order valence-electron chi connectivity index (χ1n) is 6.62. The van der Waals surface area contributed by atoms with E-state index in [1.165, 1.54) is 0 Å². The molecule has 0 aromatic carbocycles. The Morgan fingerprint density at radius 2 is 1.94 bits per heavy atom. The Hall–Kier alpha value is -1.30. The number of aliphatic carboxylic acids is 1. The first-order chi connectivity index (χ1) is 8.63. The molecule has 2 N–H and O–H groups in total. The molecule has 0 atom stereocenters. The van der Waals surface area contributed by atoms with Crippen molar-refractivity contribution >= 4 is 12.0 Å². The second kappa shape index (κ2) is 5.56. The lowest BCUT2D eigenvalue weighted by Gasteiger charge is -2.43. The molecule has 2 rings (SSSR count). The van der Waals surface area contributed by atoms with Gasteiger partial charge in [0.15, 0.2) is 0 Å². The van der Waals surface area contributed by atoms with Crippen molar-refractivity contribution in [3.05, 3.63) is 0 Å². The number of hydrogen-bond donors (Lipinski definition) is 2. The van der Waals surface area contributed by atoms with Crippen molar-refractivity contribution < 1.29 is 14.7 Å². The summed E-state index contributed by atoms with van der Waals surface area (Å²) in [6.07, 6.45) is 1.96. The van der Waals surface area contributed by atoms with Crippen LogP contribution in [0.2, 0.25) is 0 Å². The van der Waals surface area contributed by atoms with E-state index in [1.807, 2.05) is 11.8 Å². The zero-order valence-electron chi connectivity index (χ0n) is 10.8. The summed E-state index contributed by atoms with van der Waals surface area (Å²) in [6.45, 7) is 5.29. The van der Waals surface area contributed by atoms with Crippen molar-refractivity contribution in [2.75, 3.05) is 32.7 Å². The van der Waals surface area contributed by atoms with Gasteiger partial charge in [-0.25, -0.2) is 4.79 Å². The molecule has 0 aromatic heterocycles. The van der Waals surface area contributed by atoms with E-state index < -0.39 is 5.97 Å². The van der Waals surface area contributed by atoms with E-state index in [1.54, 1.807) is 4.90 Å². The lowest BCUT2D eigenvalue weighted by Crippen LogP contribution is -2.59. The summed E-state index contributed by atoms with van der Waals surface area (Å²) >= 11 is 0. The van der Waals surface area contributed by atoms with Gasteiger partial charge in [-0.2, -0.15) is 0 Å². The predicted octanol–water partition coefficient (Wildman–Crippen LogP) is 0.197. The number of likely N-dealkylation sites (tertiary alicyclic amines) is 1. The van der Waals surface area contributed by atoms with Crippen molar-refractivity contribution in [2.24, 2.45) is 5.92 Å². The zero-order chi connectivity index (χ0) is 13.1. The van der Waals surface area contributed by atoms with Gasteiger partial charge in [0.05, 0.1) is 5.92 Å². The Kier molecular flexibility index (Phi) is 4.06. The number of piperidine rings is 1. The van der Waals surface area contributed by atoms with Crippen LogP contribution in [0.15, 0.2) is 0 Å². The summed E-state index contributed by atoms with van der Waals surface area (Å²) in [5.74, 6) is -1.18. The molecule has 0 radical (unpaired) electrons. The van der Waals surface area contributed by atoms with Gasteiger partial charge in [0.25, 0.3) is 0 Å². The molecule has 0 aliphatic carbocycles. The number of urea groups is 1. The molecule has 2 heterocycles. The van der Waals surface area contributed by atoms with Gasteiger partial charge in [-0.3, -0.25) is 4.79 Å². The second-order valence-electron chi connectivity index (χ2n) is 4.99. The molecule has 18 heavy (non-hydrogen) atoms. The van der Waals surface area contributed by atoms with E-state index in [-0.39, 0.29) is 11.9 Å². The van der Waals surface area contributed by atoms with Gasteiger partial charge in [-0.1, -0.05) is 0 Å². The van der Waals surface area contributed by atoms with Crippen molar-refractivity contribution in [2.45, 2.75) is 25.8 Å². The predicted molar refractivity (Wildman–Crippen MR) is 66.4 cm³/mol. The number of nitrogens with one attached hydrogen (secondary N) is 1. The van der Waals surface area contributed by atoms with Crippen LogP contribution in [0.3, 0.4) is 0 Å². The summed E-state index contributed by atoms with van der Waals surface area (Å²) in [5.41, 5.74) is 0. The third-order valence-corrected chi connectivity index (χ3v) is 3.84. The molecule has 0 bridgehead atoms. The fourth-order valence-corrected chi connectivity index (χ4v) is 2.64. The highest BCUT2D eigenvalue weighted by atomic mass is 16.4. The van der Waals surface area contributed by atoms with Crippen molar-refractivity contribution in [3.8, 4) is 0 Å². The smallest absolute Gasteiger partial charge is 0.320 e. The average molecular weight is 255 g/mol. The van der Waals surface area contributed by atoms with Crippen LogP contribution in [-0.4, -0.2) is 65.7 Å². The molecule has 6 nitrogen and oxygen atoms in total. The molecule has 2 aliphatic heterocycles. The zero-order valence-corrected chi connectivity index (χ0v) is 10.8. The monoisotopic (exact) mass is 255 g/mol. The summed E-state index contributed by atoms with van der Waals surface area (Å²) in [6, 6.07) is 0.300. The van der Waals surface area contributed by atoms with Gasteiger partial charge in [0, 0.05) is 25.7 Å². The standard InChI is InChI=1S/C12H21N3O3/c1-2-15(10-3-5-13-6-4-10)12(18)14-7-9(8-14)11(16)17/h9-10,13H,2-8H2,1H3,(H,16,17). The van der Waals surface area contributed by atoms with Crippen molar-refractivity contribution in [1.29, 1.82) is 0 Å².